The largest absolute Gasteiger partial charge is 0.485 e. The van der Waals surface area contributed by atoms with Crippen LogP contribution < -0.4 is 14.8 Å². The first-order chi connectivity index (χ1) is 11.6. The van der Waals surface area contributed by atoms with Crippen molar-refractivity contribution in [2.45, 2.75) is 25.0 Å². The number of nitrogens with one attached hydrogen (secondary N) is 1. The third-order valence-corrected chi connectivity index (χ3v) is 5.44. The van der Waals surface area contributed by atoms with E-state index in [-0.39, 0.29) is 24.0 Å². The molecule has 1 aliphatic heterocycles. The monoisotopic (exact) mass is 349 g/mol. The quantitative estimate of drug-likeness (QED) is 0.874. The zero-order valence-electron chi connectivity index (χ0n) is 13.3. The Hall–Kier alpha value is -2.06. The van der Waals surface area contributed by atoms with E-state index >= 15 is 0 Å². The maximum atomic E-state index is 12.8. The molecule has 0 saturated heterocycles. The number of hydrogen-bond acceptors (Lipinski definition) is 6. The van der Waals surface area contributed by atoms with Crippen molar-refractivity contribution in [2.75, 3.05) is 13.2 Å². The van der Waals surface area contributed by atoms with E-state index in [0.29, 0.717) is 42.4 Å². The van der Waals surface area contributed by atoms with E-state index in [1.165, 1.54) is 11.3 Å². The fourth-order valence-corrected chi connectivity index (χ4v) is 4.04. The molecule has 0 radical (unpaired) electrons. The number of fused-ring (bicyclic) bond motifs is 1. The van der Waals surface area contributed by atoms with Gasteiger partial charge in [-0.25, -0.2) is 0 Å². The second kappa shape index (κ2) is 6.10. The van der Waals surface area contributed by atoms with E-state index in [2.05, 4.69) is 10.4 Å². The molecule has 24 heavy (non-hydrogen) atoms. The van der Waals surface area contributed by atoms with Gasteiger partial charge in [0.15, 0.2) is 11.5 Å². The summed E-state index contributed by atoms with van der Waals surface area (Å²) in [5.41, 5.74) is 0.949. The van der Waals surface area contributed by atoms with Crippen molar-refractivity contribution in [2.24, 2.45) is 13.0 Å². The fourth-order valence-electron chi connectivity index (χ4n) is 3.20. The number of ether oxygens (including phenoxy) is 2. The average molecular weight is 349 g/mol. The standard InChI is InChI=1S/C16H19N3O4S/c1-19-7-10(6-17-19)13(9-4-11(20)5-9)18-16(21)15-14-12(8-24-15)22-2-3-23-14/h6-9,11,13,20H,2-5H2,1H3,(H,18,21). The molecule has 0 aromatic carbocycles. The summed E-state index contributed by atoms with van der Waals surface area (Å²) in [4.78, 5) is 13.3. The Balaban J connectivity index is 1.56. The van der Waals surface area contributed by atoms with Gasteiger partial charge in [0.25, 0.3) is 5.91 Å². The molecule has 1 unspecified atom stereocenters. The van der Waals surface area contributed by atoms with E-state index in [4.69, 9.17) is 9.47 Å². The summed E-state index contributed by atoms with van der Waals surface area (Å²) in [5, 5.41) is 18.7. The van der Waals surface area contributed by atoms with Gasteiger partial charge in [-0.05, 0) is 18.8 Å². The van der Waals surface area contributed by atoms with Crippen molar-refractivity contribution >= 4 is 17.2 Å². The van der Waals surface area contributed by atoms with Crippen LogP contribution in [0.25, 0.3) is 0 Å². The van der Waals surface area contributed by atoms with Gasteiger partial charge in [-0.3, -0.25) is 9.48 Å². The van der Waals surface area contributed by atoms with Gasteiger partial charge in [-0.15, -0.1) is 11.3 Å². The number of carbonyl (C=O) groups excluding carboxylic acids is 1. The summed E-state index contributed by atoms with van der Waals surface area (Å²) >= 11 is 1.32. The zero-order valence-corrected chi connectivity index (χ0v) is 14.1. The van der Waals surface area contributed by atoms with E-state index in [0.717, 1.165) is 5.56 Å². The van der Waals surface area contributed by atoms with Crippen molar-refractivity contribution < 1.29 is 19.4 Å². The molecule has 2 aromatic rings. The number of thiophene rings is 1. The van der Waals surface area contributed by atoms with Gasteiger partial charge in [-0.2, -0.15) is 5.10 Å². The van der Waals surface area contributed by atoms with Crippen molar-refractivity contribution in [3.05, 3.63) is 28.2 Å². The lowest BCUT2D eigenvalue weighted by Crippen LogP contribution is -2.41. The van der Waals surface area contributed by atoms with Crippen molar-refractivity contribution in [1.82, 2.24) is 15.1 Å². The molecule has 2 aromatic heterocycles. The lowest BCUT2D eigenvalue weighted by atomic mass is 9.75. The number of nitrogens with zero attached hydrogens (tertiary/aromatic N) is 2. The molecule has 1 amide bonds. The Labute approximate surface area is 143 Å². The Bertz CT molecular complexity index is 750. The first-order valence-electron chi connectivity index (χ1n) is 7.96. The first-order valence-corrected chi connectivity index (χ1v) is 8.84. The number of aliphatic hydroxyl groups excluding tert-OH is 1. The second-order valence-corrected chi connectivity index (χ2v) is 7.12. The minimum atomic E-state index is -0.280. The van der Waals surface area contributed by atoms with E-state index < -0.39 is 0 Å². The minimum absolute atomic E-state index is 0.170. The molecule has 1 saturated carbocycles. The number of carbonyl (C=O) groups is 1. The van der Waals surface area contributed by atoms with Gasteiger partial charge in [0.1, 0.15) is 18.1 Å². The third-order valence-electron chi connectivity index (χ3n) is 4.50. The van der Waals surface area contributed by atoms with Crippen molar-refractivity contribution in [1.29, 1.82) is 0 Å². The molecule has 0 bridgehead atoms. The van der Waals surface area contributed by atoms with E-state index in [1.807, 2.05) is 13.2 Å². The summed E-state index contributed by atoms with van der Waals surface area (Å²) < 4.78 is 12.8. The molecule has 1 atom stereocenters. The van der Waals surface area contributed by atoms with Crippen LogP contribution in [0.1, 0.15) is 34.1 Å². The highest BCUT2D eigenvalue weighted by Gasteiger charge is 2.37. The van der Waals surface area contributed by atoms with Gasteiger partial charge in [0, 0.05) is 24.2 Å². The molecule has 0 spiro atoms. The normalized spacial score (nSPS) is 23.4. The number of rotatable bonds is 4. The number of amides is 1. The maximum Gasteiger partial charge on any atom is 0.265 e. The van der Waals surface area contributed by atoms with Crippen LogP contribution in [-0.4, -0.2) is 40.1 Å². The third kappa shape index (κ3) is 2.76. The van der Waals surface area contributed by atoms with E-state index in [9.17, 15) is 9.90 Å². The summed E-state index contributed by atoms with van der Waals surface area (Å²) in [5.74, 6) is 1.19. The molecule has 3 heterocycles. The lowest BCUT2D eigenvalue weighted by Gasteiger charge is -2.37. The highest BCUT2D eigenvalue weighted by Crippen LogP contribution is 2.41. The van der Waals surface area contributed by atoms with Crippen LogP contribution in [0.15, 0.2) is 17.8 Å². The van der Waals surface area contributed by atoms with Gasteiger partial charge in [-0.1, -0.05) is 0 Å². The topological polar surface area (TPSA) is 85.6 Å². The predicted octanol–water partition coefficient (Wildman–Crippen LogP) is 1.49. The van der Waals surface area contributed by atoms with Crippen LogP contribution in [0.5, 0.6) is 11.5 Å². The Kier molecular flexibility index (Phi) is 3.93. The van der Waals surface area contributed by atoms with Gasteiger partial charge in [0.05, 0.1) is 18.3 Å². The molecular formula is C16H19N3O4S. The number of aromatic nitrogens is 2. The zero-order chi connectivity index (χ0) is 16.7. The SMILES string of the molecule is Cn1cc(C(NC(=O)c2scc3c2OCCO3)C2CC(O)C2)cn1. The van der Waals surface area contributed by atoms with Crippen LogP contribution in [-0.2, 0) is 7.05 Å². The van der Waals surface area contributed by atoms with E-state index in [1.54, 1.807) is 16.3 Å². The molecular weight excluding hydrogens is 330 g/mol. The number of aliphatic hydroxyl groups is 1. The number of hydrogen-bond donors (Lipinski definition) is 2. The maximum absolute atomic E-state index is 12.8. The molecule has 7 nitrogen and oxygen atoms in total. The Morgan fingerprint density at radius 1 is 1.46 bits per heavy atom. The Morgan fingerprint density at radius 2 is 2.25 bits per heavy atom. The molecule has 2 aliphatic rings. The highest BCUT2D eigenvalue weighted by molar-refractivity contribution is 7.12. The van der Waals surface area contributed by atoms with Crippen LogP contribution in [0.2, 0.25) is 0 Å². The van der Waals surface area contributed by atoms with Gasteiger partial charge < -0.3 is 19.9 Å². The summed E-state index contributed by atoms with van der Waals surface area (Å²) in [6.45, 7) is 0.952. The average Bonchev–Trinajstić information content (AvgIpc) is 3.16. The molecule has 4 rings (SSSR count). The molecule has 8 heteroatoms. The smallest absolute Gasteiger partial charge is 0.265 e. The van der Waals surface area contributed by atoms with Crippen LogP contribution in [0.3, 0.4) is 0 Å². The number of aryl methyl sites for hydroxylation is 1. The molecule has 1 fully saturated rings. The highest BCUT2D eigenvalue weighted by atomic mass is 32.1. The minimum Gasteiger partial charge on any atom is -0.485 e. The lowest BCUT2D eigenvalue weighted by molar-refractivity contribution is 0.0235. The van der Waals surface area contributed by atoms with Gasteiger partial charge >= 0.3 is 0 Å². The molecule has 128 valence electrons. The summed E-state index contributed by atoms with van der Waals surface area (Å²) in [7, 11) is 1.85. The summed E-state index contributed by atoms with van der Waals surface area (Å²) in [6.07, 6.45) is 4.75. The predicted molar refractivity (Wildman–Crippen MR) is 87.5 cm³/mol. The first kappa shape index (κ1) is 15.5. The molecule has 2 N–H and O–H groups in total. The van der Waals surface area contributed by atoms with Gasteiger partial charge in [0.2, 0.25) is 0 Å². The van der Waals surface area contributed by atoms with Crippen LogP contribution in [0, 0.1) is 5.92 Å². The van der Waals surface area contributed by atoms with Crippen molar-refractivity contribution in [3.63, 3.8) is 0 Å². The van der Waals surface area contributed by atoms with Crippen LogP contribution >= 0.6 is 11.3 Å². The summed E-state index contributed by atoms with van der Waals surface area (Å²) in [6, 6.07) is -0.170. The fraction of sp³-hybridized carbons (Fsp3) is 0.500. The van der Waals surface area contributed by atoms with Crippen molar-refractivity contribution in [3.8, 4) is 11.5 Å². The molecule has 1 aliphatic carbocycles. The van der Waals surface area contributed by atoms with Crippen LogP contribution in [0.4, 0.5) is 0 Å². The Morgan fingerprint density at radius 3 is 2.96 bits per heavy atom. The second-order valence-electron chi connectivity index (χ2n) is 6.24.